The molecular formula is C26H29N5O. The van der Waals surface area contributed by atoms with Gasteiger partial charge in [0.1, 0.15) is 0 Å². The van der Waals surface area contributed by atoms with Crippen LogP contribution in [0.4, 0.5) is 5.69 Å². The lowest BCUT2D eigenvalue weighted by molar-refractivity contribution is 0.101. The minimum Gasteiger partial charge on any atom is -0.369 e. The van der Waals surface area contributed by atoms with Gasteiger partial charge in [-0.2, -0.15) is 0 Å². The van der Waals surface area contributed by atoms with Crippen molar-refractivity contribution in [2.75, 3.05) is 38.1 Å². The number of fused-ring (bicyclic) bond motifs is 1. The number of likely N-dealkylation sites (N-methyl/N-ethyl adjacent to an activating group) is 1. The number of rotatable bonds is 5. The van der Waals surface area contributed by atoms with E-state index in [0.717, 1.165) is 65.6 Å². The number of imidazole rings is 1. The Balaban J connectivity index is 1.54. The number of carbonyl (C=O) groups is 1. The summed E-state index contributed by atoms with van der Waals surface area (Å²) in [5.74, 6) is 0.849. The Hall–Kier alpha value is -3.38. The first-order chi connectivity index (χ1) is 15.5. The number of anilines is 1. The van der Waals surface area contributed by atoms with E-state index in [1.165, 1.54) is 11.3 Å². The maximum absolute atomic E-state index is 12.5. The lowest BCUT2D eigenvalue weighted by Crippen LogP contribution is -2.44. The van der Waals surface area contributed by atoms with Crippen LogP contribution in [0.2, 0.25) is 0 Å². The van der Waals surface area contributed by atoms with Crippen LogP contribution < -0.4 is 4.90 Å². The first-order valence-corrected chi connectivity index (χ1v) is 11.2. The molecule has 5 rings (SSSR count). The zero-order valence-electron chi connectivity index (χ0n) is 18.9. The van der Waals surface area contributed by atoms with Gasteiger partial charge >= 0.3 is 0 Å². The van der Waals surface area contributed by atoms with E-state index in [9.17, 15) is 4.79 Å². The van der Waals surface area contributed by atoms with E-state index < -0.39 is 0 Å². The normalized spacial score (nSPS) is 14.9. The second kappa shape index (κ2) is 8.28. The SMILES string of the molecule is CC(=O)c1c(C)[nH]c(-c2nc3ccc(N4CCN(C)CC4)cc3[nH]2)c1Cc1ccccc1. The van der Waals surface area contributed by atoms with E-state index in [1.54, 1.807) is 6.92 Å². The molecule has 32 heavy (non-hydrogen) atoms. The number of aromatic nitrogens is 3. The molecule has 1 aliphatic rings. The molecule has 6 heteroatoms. The Morgan fingerprint density at radius 3 is 2.50 bits per heavy atom. The van der Waals surface area contributed by atoms with Gasteiger partial charge in [0.15, 0.2) is 11.6 Å². The molecule has 4 aromatic rings. The number of Topliss-reactive ketones (excluding diaryl/α,β-unsaturated/α-hetero) is 1. The number of carbonyl (C=O) groups excluding carboxylic acids is 1. The second-order valence-electron chi connectivity index (χ2n) is 8.77. The Morgan fingerprint density at radius 2 is 1.78 bits per heavy atom. The highest BCUT2D eigenvalue weighted by atomic mass is 16.1. The molecule has 0 atom stereocenters. The number of nitrogens with zero attached hydrogens (tertiary/aromatic N) is 3. The highest BCUT2D eigenvalue weighted by Gasteiger charge is 2.22. The van der Waals surface area contributed by atoms with Crippen molar-refractivity contribution < 1.29 is 4.79 Å². The number of ketones is 1. The average Bonchev–Trinajstić information content (AvgIpc) is 3.35. The number of aryl methyl sites for hydroxylation is 1. The molecule has 2 aromatic heterocycles. The van der Waals surface area contributed by atoms with E-state index >= 15 is 0 Å². The summed E-state index contributed by atoms with van der Waals surface area (Å²) in [6.45, 7) is 7.80. The fourth-order valence-corrected chi connectivity index (χ4v) is 4.71. The van der Waals surface area contributed by atoms with Gasteiger partial charge < -0.3 is 19.8 Å². The predicted octanol–water partition coefficient (Wildman–Crippen LogP) is 4.41. The summed E-state index contributed by atoms with van der Waals surface area (Å²) in [4.78, 5) is 29.1. The second-order valence-corrected chi connectivity index (χ2v) is 8.77. The van der Waals surface area contributed by atoms with E-state index in [1.807, 2.05) is 25.1 Å². The van der Waals surface area contributed by atoms with Gasteiger partial charge in [0.2, 0.25) is 0 Å². The van der Waals surface area contributed by atoms with Gasteiger partial charge in [-0.05, 0) is 50.2 Å². The maximum atomic E-state index is 12.5. The summed E-state index contributed by atoms with van der Waals surface area (Å²) in [6.07, 6.45) is 0.680. The minimum absolute atomic E-state index is 0.0735. The van der Waals surface area contributed by atoms with Crippen LogP contribution in [-0.4, -0.2) is 58.9 Å². The third-order valence-electron chi connectivity index (χ3n) is 6.44. The Morgan fingerprint density at radius 1 is 1.03 bits per heavy atom. The van der Waals surface area contributed by atoms with Crippen molar-refractivity contribution >= 4 is 22.5 Å². The lowest BCUT2D eigenvalue weighted by atomic mass is 9.98. The minimum atomic E-state index is 0.0735. The van der Waals surface area contributed by atoms with Gasteiger partial charge in [-0.3, -0.25) is 4.79 Å². The fraction of sp³-hybridized carbons (Fsp3) is 0.308. The first kappa shape index (κ1) is 20.5. The van der Waals surface area contributed by atoms with E-state index in [-0.39, 0.29) is 5.78 Å². The smallest absolute Gasteiger partial charge is 0.161 e. The maximum Gasteiger partial charge on any atom is 0.161 e. The third-order valence-corrected chi connectivity index (χ3v) is 6.44. The van der Waals surface area contributed by atoms with Crippen LogP contribution in [0, 0.1) is 6.92 Å². The molecule has 1 aliphatic heterocycles. The number of benzene rings is 2. The monoisotopic (exact) mass is 427 g/mol. The summed E-state index contributed by atoms with van der Waals surface area (Å²) in [5.41, 5.74) is 7.88. The van der Waals surface area contributed by atoms with Gasteiger partial charge in [-0.15, -0.1) is 0 Å². The molecule has 2 aromatic carbocycles. The van der Waals surface area contributed by atoms with Gasteiger partial charge in [-0.25, -0.2) is 4.98 Å². The molecule has 0 unspecified atom stereocenters. The summed E-state index contributed by atoms with van der Waals surface area (Å²) >= 11 is 0. The Bertz CT molecular complexity index is 1260. The van der Waals surface area contributed by atoms with Crippen LogP contribution in [0.1, 0.15) is 34.1 Å². The molecule has 0 spiro atoms. The molecule has 1 saturated heterocycles. The lowest BCUT2D eigenvalue weighted by Gasteiger charge is -2.34. The molecule has 0 amide bonds. The number of nitrogens with one attached hydrogen (secondary N) is 2. The van der Waals surface area contributed by atoms with Crippen molar-refractivity contribution in [3.63, 3.8) is 0 Å². The summed E-state index contributed by atoms with van der Waals surface area (Å²) in [6, 6.07) is 16.7. The van der Waals surface area contributed by atoms with Crippen LogP contribution in [0.15, 0.2) is 48.5 Å². The number of H-pyrrole nitrogens is 2. The third kappa shape index (κ3) is 3.82. The largest absolute Gasteiger partial charge is 0.369 e. The summed E-state index contributed by atoms with van der Waals surface area (Å²) in [5, 5.41) is 0. The zero-order chi connectivity index (χ0) is 22.2. The topological polar surface area (TPSA) is 68.0 Å². The van der Waals surface area contributed by atoms with Crippen molar-refractivity contribution in [2.24, 2.45) is 0 Å². The first-order valence-electron chi connectivity index (χ1n) is 11.2. The molecule has 1 fully saturated rings. The molecular weight excluding hydrogens is 398 g/mol. The van der Waals surface area contributed by atoms with E-state index in [0.29, 0.717) is 6.42 Å². The molecule has 164 valence electrons. The van der Waals surface area contributed by atoms with Gasteiger partial charge in [0.05, 0.1) is 16.7 Å². The zero-order valence-corrected chi connectivity index (χ0v) is 18.9. The summed E-state index contributed by atoms with van der Waals surface area (Å²) < 4.78 is 0. The number of hydrogen-bond acceptors (Lipinski definition) is 4. The standard InChI is InChI=1S/C26H29N5O/c1-17-24(18(2)32)21(15-19-7-5-4-6-8-19)25(27-17)26-28-22-10-9-20(16-23(22)29-26)31-13-11-30(3)12-14-31/h4-10,16,27H,11-15H2,1-3H3,(H,28,29). The van der Waals surface area contributed by atoms with E-state index in [2.05, 4.69) is 57.1 Å². The highest BCUT2D eigenvalue weighted by molar-refractivity contribution is 5.99. The summed E-state index contributed by atoms with van der Waals surface area (Å²) in [7, 11) is 2.17. The van der Waals surface area contributed by atoms with Crippen LogP contribution in [0.5, 0.6) is 0 Å². The van der Waals surface area contributed by atoms with Crippen molar-refractivity contribution in [1.82, 2.24) is 19.9 Å². The van der Waals surface area contributed by atoms with Crippen molar-refractivity contribution in [2.45, 2.75) is 20.3 Å². The molecule has 0 radical (unpaired) electrons. The van der Waals surface area contributed by atoms with Gasteiger partial charge in [0.25, 0.3) is 0 Å². The molecule has 6 nitrogen and oxygen atoms in total. The predicted molar refractivity (Wildman–Crippen MR) is 130 cm³/mol. The number of aromatic amines is 2. The van der Waals surface area contributed by atoms with Crippen molar-refractivity contribution in [1.29, 1.82) is 0 Å². The van der Waals surface area contributed by atoms with Gasteiger partial charge in [-0.1, -0.05) is 30.3 Å². The quantitative estimate of drug-likeness (QED) is 0.463. The molecule has 2 N–H and O–H groups in total. The fourth-order valence-electron chi connectivity index (χ4n) is 4.71. The molecule has 0 saturated carbocycles. The number of hydrogen-bond donors (Lipinski definition) is 2. The van der Waals surface area contributed by atoms with Crippen molar-refractivity contribution in [3.05, 3.63) is 70.9 Å². The molecule has 3 heterocycles. The van der Waals surface area contributed by atoms with Crippen molar-refractivity contribution in [3.8, 4) is 11.5 Å². The average molecular weight is 428 g/mol. The Labute approximate surface area is 188 Å². The van der Waals surface area contributed by atoms with Crippen LogP contribution in [0.3, 0.4) is 0 Å². The molecule has 0 bridgehead atoms. The van der Waals surface area contributed by atoms with Crippen LogP contribution >= 0.6 is 0 Å². The number of piperazine rings is 1. The van der Waals surface area contributed by atoms with Crippen LogP contribution in [0.25, 0.3) is 22.6 Å². The van der Waals surface area contributed by atoms with Gasteiger partial charge in [0, 0.05) is 49.5 Å². The highest BCUT2D eigenvalue weighted by Crippen LogP contribution is 2.31. The molecule has 0 aliphatic carbocycles. The van der Waals surface area contributed by atoms with E-state index in [4.69, 9.17) is 4.98 Å². The Kier molecular flexibility index (Phi) is 5.31. The van der Waals surface area contributed by atoms with Crippen LogP contribution in [-0.2, 0) is 6.42 Å².